The summed E-state index contributed by atoms with van der Waals surface area (Å²) in [5.74, 6) is 0.514. The minimum atomic E-state index is -0.689. The average molecular weight is 321 g/mol. The van der Waals surface area contributed by atoms with E-state index in [1.54, 1.807) is 52.1 Å². The maximum atomic E-state index is 12.8. The van der Waals surface area contributed by atoms with Gasteiger partial charge in [0.2, 0.25) is 0 Å². The molecule has 1 N–H and O–H groups in total. The van der Waals surface area contributed by atoms with Gasteiger partial charge in [-0.1, -0.05) is 20.8 Å². The van der Waals surface area contributed by atoms with Crippen LogP contribution >= 0.6 is 0 Å². The van der Waals surface area contributed by atoms with Crippen LogP contribution in [0.3, 0.4) is 0 Å². The fourth-order valence-electron chi connectivity index (χ4n) is 2.02. The number of hydrogen-bond donors (Lipinski definition) is 1. The van der Waals surface area contributed by atoms with E-state index in [1.165, 1.54) is 0 Å². The third-order valence-electron chi connectivity index (χ3n) is 3.16. The number of hydrogen-bond acceptors (Lipinski definition) is 4. The van der Waals surface area contributed by atoms with Crippen LogP contribution in [0.1, 0.15) is 51.9 Å². The molecular formula is C18H27NO4. The zero-order valence-electron chi connectivity index (χ0n) is 15.0. The van der Waals surface area contributed by atoms with Crippen LogP contribution in [-0.2, 0) is 4.74 Å². The molecule has 0 fully saturated rings. The predicted molar refractivity (Wildman–Crippen MR) is 89.9 cm³/mol. The first-order chi connectivity index (χ1) is 10.4. The van der Waals surface area contributed by atoms with Gasteiger partial charge in [-0.25, -0.2) is 4.79 Å². The standard InChI is InChI=1S/C18H27NO4/c1-17(2,3)15(19-16(21)23-18(4,5)6)14(20)12-8-10-13(22-7)11-9-12/h8-11,15H,1-7H3,(H,19,21)/t15-/m1/s1. The highest BCUT2D eigenvalue weighted by Gasteiger charge is 2.34. The van der Waals surface area contributed by atoms with Gasteiger partial charge in [0.15, 0.2) is 5.78 Å². The van der Waals surface area contributed by atoms with Gasteiger partial charge >= 0.3 is 6.09 Å². The largest absolute Gasteiger partial charge is 0.497 e. The summed E-state index contributed by atoms with van der Waals surface area (Å²) in [5.41, 5.74) is -0.550. The molecule has 1 rings (SSSR count). The monoisotopic (exact) mass is 321 g/mol. The molecule has 5 nitrogen and oxygen atoms in total. The fourth-order valence-corrected chi connectivity index (χ4v) is 2.02. The number of ether oxygens (including phenoxy) is 2. The van der Waals surface area contributed by atoms with Crippen molar-refractivity contribution in [1.29, 1.82) is 0 Å². The summed E-state index contributed by atoms with van der Waals surface area (Å²) in [7, 11) is 1.57. The highest BCUT2D eigenvalue weighted by atomic mass is 16.6. The molecule has 0 bridgehead atoms. The summed E-state index contributed by atoms with van der Waals surface area (Å²) in [6, 6.07) is 6.14. The maximum Gasteiger partial charge on any atom is 0.408 e. The second kappa shape index (κ2) is 7.02. The quantitative estimate of drug-likeness (QED) is 0.856. The molecule has 128 valence electrons. The molecule has 1 aromatic rings. The Labute approximate surface area is 138 Å². The number of carbonyl (C=O) groups is 2. The van der Waals surface area contributed by atoms with Gasteiger partial charge in [0.25, 0.3) is 0 Å². The summed E-state index contributed by atoms with van der Waals surface area (Å²) < 4.78 is 10.4. The predicted octanol–water partition coefficient (Wildman–Crippen LogP) is 3.82. The van der Waals surface area contributed by atoms with E-state index >= 15 is 0 Å². The van der Waals surface area contributed by atoms with Crippen molar-refractivity contribution >= 4 is 11.9 Å². The molecule has 0 heterocycles. The molecular weight excluding hydrogens is 294 g/mol. The van der Waals surface area contributed by atoms with Crippen LogP contribution in [0.25, 0.3) is 0 Å². The number of methoxy groups -OCH3 is 1. The normalized spacial score (nSPS) is 13.2. The second-order valence-corrected chi connectivity index (χ2v) is 7.54. The number of alkyl carbamates (subject to hydrolysis) is 1. The SMILES string of the molecule is COc1ccc(C(=O)[C@@H](NC(=O)OC(C)(C)C)C(C)(C)C)cc1. The van der Waals surface area contributed by atoms with Crippen LogP contribution < -0.4 is 10.1 Å². The zero-order valence-corrected chi connectivity index (χ0v) is 15.0. The van der Waals surface area contributed by atoms with Crippen molar-refractivity contribution in [2.75, 3.05) is 7.11 Å². The van der Waals surface area contributed by atoms with Crippen molar-refractivity contribution in [2.24, 2.45) is 5.41 Å². The molecule has 0 unspecified atom stereocenters. The van der Waals surface area contributed by atoms with Crippen molar-refractivity contribution in [2.45, 2.75) is 53.2 Å². The van der Waals surface area contributed by atoms with E-state index < -0.39 is 23.2 Å². The topological polar surface area (TPSA) is 64.6 Å². The fraction of sp³-hybridized carbons (Fsp3) is 0.556. The molecule has 0 spiro atoms. The van der Waals surface area contributed by atoms with Crippen LogP contribution in [0.15, 0.2) is 24.3 Å². The lowest BCUT2D eigenvalue weighted by molar-refractivity contribution is 0.0446. The van der Waals surface area contributed by atoms with Gasteiger partial charge in [0, 0.05) is 5.56 Å². The van der Waals surface area contributed by atoms with E-state index in [1.807, 2.05) is 20.8 Å². The minimum absolute atomic E-state index is 0.161. The Morgan fingerprint density at radius 3 is 1.91 bits per heavy atom. The number of rotatable bonds is 4. The van der Waals surface area contributed by atoms with Crippen molar-refractivity contribution in [3.8, 4) is 5.75 Å². The number of nitrogens with one attached hydrogen (secondary N) is 1. The lowest BCUT2D eigenvalue weighted by atomic mass is 9.82. The number of ketones is 1. The van der Waals surface area contributed by atoms with Crippen molar-refractivity contribution in [3.05, 3.63) is 29.8 Å². The van der Waals surface area contributed by atoms with Gasteiger partial charge in [-0.3, -0.25) is 4.79 Å². The van der Waals surface area contributed by atoms with Crippen LogP contribution in [0, 0.1) is 5.41 Å². The van der Waals surface area contributed by atoms with Crippen molar-refractivity contribution < 1.29 is 19.1 Å². The number of carbonyl (C=O) groups excluding carboxylic acids is 2. The summed E-state index contributed by atoms with van der Waals surface area (Å²) in [5, 5.41) is 2.70. The van der Waals surface area contributed by atoms with Crippen LogP contribution in [0.4, 0.5) is 4.79 Å². The first-order valence-electron chi connectivity index (χ1n) is 7.62. The summed E-state index contributed by atoms with van der Waals surface area (Å²) in [6.07, 6.45) is -0.598. The summed E-state index contributed by atoms with van der Waals surface area (Å²) in [6.45, 7) is 11.0. The maximum absolute atomic E-state index is 12.8. The van der Waals surface area contributed by atoms with Crippen LogP contribution in [0.5, 0.6) is 5.75 Å². The van der Waals surface area contributed by atoms with E-state index in [4.69, 9.17) is 9.47 Å². The average Bonchev–Trinajstić information content (AvgIpc) is 2.41. The molecule has 0 aliphatic carbocycles. The highest BCUT2D eigenvalue weighted by Crippen LogP contribution is 2.24. The van der Waals surface area contributed by atoms with E-state index in [9.17, 15) is 9.59 Å². The molecule has 1 aromatic carbocycles. The van der Waals surface area contributed by atoms with Crippen molar-refractivity contribution in [3.63, 3.8) is 0 Å². The van der Waals surface area contributed by atoms with E-state index in [-0.39, 0.29) is 5.78 Å². The van der Waals surface area contributed by atoms with Gasteiger partial charge in [-0.15, -0.1) is 0 Å². The lowest BCUT2D eigenvalue weighted by Gasteiger charge is -2.31. The Balaban J connectivity index is 2.97. The number of benzene rings is 1. The molecule has 23 heavy (non-hydrogen) atoms. The molecule has 0 aliphatic rings. The third-order valence-corrected chi connectivity index (χ3v) is 3.16. The Bertz CT molecular complexity index is 550. The molecule has 0 saturated carbocycles. The Hall–Kier alpha value is -2.04. The number of amides is 1. The molecule has 0 saturated heterocycles. The number of Topliss-reactive ketones (excluding diaryl/α,β-unsaturated/α-hetero) is 1. The molecule has 5 heteroatoms. The zero-order chi connectivity index (χ0) is 17.8. The highest BCUT2D eigenvalue weighted by molar-refractivity contribution is 6.02. The van der Waals surface area contributed by atoms with Crippen LogP contribution in [-0.4, -0.2) is 30.6 Å². The molecule has 0 aliphatic heterocycles. The van der Waals surface area contributed by atoms with Crippen molar-refractivity contribution in [1.82, 2.24) is 5.32 Å². The van der Waals surface area contributed by atoms with Gasteiger partial charge in [0.05, 0.1) is 7.11 Å². The Morgan fingerprint density at radius 2 is 1.52 bits per heavy atom. The minimum Gasteiger partial charge on any atom is -0.497 e. The molecule has 0 aromatic heterocycles. The first kappa shape index (κ1) is 19.0. The smallest absolute Gasteiger partial charge is 0.408 e. The molecule has 1 atom stereocenters. The first-order valence-corrected chi connectivity index (χ1v) is 7.62. The van der Waals surface area contributed by atoms with Crippen LogP contribution in [0.2, 0.25) is 0 Å². The summed E-state index contributed by atoms with van der Waals surface area (Å²) >= 11 is 0. The molecule has 0 radical (unpaired) electrons. The lowest BCUT2D eigenvalue weighted by Crippen LogP contribution is -2.50. The van der Waals surface area contributed by atoms with E-state index in [0.29, 0.717) is 11.3 Å². The van der Waals surface area contributed by atoms with E-state index in [2.05, 4.69) is 5.32 Å². The van der Waals surface area contributed by atoms with Gasteiger partial charge in [0.1, 0.15) is 17.4 Å². The summed E-state index contributed by atoms with van der Waals surface area (Å²) in [4.78, 5) is 24.8. The second-order valence-electron chi connectivity index (χ2n) is 7.54. The Morgan fingerprint density at radius 1 is 1.00 bits per heavy atom. The van der Waals surface area contributed by atoms with Gasteiger partial charge in [-0.05, 0) is 50.5 Å². The van der Waals surface area contributed by atoms with Gasteiger partial charge in [-0.2, -0.15) is 0 Å². The Kier molecular flexibility index (Phi) is 5.81. The van der Waals surface area contributed by atoms with Gasteiger partial charge < -0.3 is 14.8 Å². The molecule has 1 amide bonds. The third kappa shape index (κ3) is 5.93. The van der Waals surface area contributed by atoms with E-state index in [0.717, 1.165) is 0 Å².